The Kier molecular flexibility index (Phi) is 9.37. The molecule has 0 spiro atoms. The predicted octanol–water partition coefficient (Wildman–Crippen LogP) is 4.91. The van der Waals surface area contributed by atoms with Crippen LogP contribution in [0.15, 0.2) is 102 Å². The van der Waals surface area contributed by atoms with Crippen LogP contribution < -0.4 is 10.8 Å². The van der Waals surface area contributed by atoms with Crippen LogP contribution in [0.5, 0.6) is 0 Å². The third-order valence-electron chi connectivity index (χ3n) is 5.33. The molecule has 37 heavy (non-hydrogen) atoms. The molecule has 10 heteroatoms. The van der Waals surface area contributed by atoms with E-state index in [2.05, 4.69) is 51.9 Å². The van der Waals surface area contributed by atoms with Gasteiger partial charge in [-0.3, -0.25) is 4.79 Å². The largest absolute Gasteiger partial charge is 0.398 e. The van der Waals surface area contributed by atoms with Gasteiger partial charge < -0.3 is 15.0 Å². The maximum atomic E-state index is 12.5. The first-order valence-electron chi connectivity index (χ1n) is 11.0. The lowest BCUT2D eigenvalue weighted by Crippen LogP contribution is -2.38. The molecule has 0 aliphatic carbocycles. The Morgan fingerprint density at radius 3 is 1.78 bits per heavy atom. The van der Waals surface area contributed by atoms with Crippen molar-refractivity contribution in [3.63, 3.8) is 0 Å². The van der Waals surface area contributed by atoms with Gasteiger partial charge in [0.25, 0.3) is 0 Å². The number of hydrogen-bond donors (Lipinski definition) is 2. The molecule has 0 radical (unpaired) electrons. The monoisotopic (exact) mass is 536 g/mol. The van der Waals surface area contributed by atoms with Crippen LogP contribution in [0, 0.1) is 0 Å². The van der Waals surface area contributed by atoms with Crippen molar-refractivity contribution in [1.82, 2.24) is 10.5 Å². The molecule has 0 atom stereocenters. The lowest BCUT2D eigenvalue weighted by molar-refractivity contribution is -0.150. The Hall–Kier alpha value is -4.21. The molecule has 0 saturated heterocycles. The van der Waals surface area contributed by atoms with E-state index < -0.39 is 17.4 Å². The first-order chi connectivity index (χ1) is 17.5. The highest BCUT2D eigenvalue weighted by molar-refractivity contribution is 7.14. The van der Waals surface area contributed by atoms with E-state index in [4.69, 9.17) is 9.68 Å². The van der Waals surface area contributed by atoms with Crippen LogP contribution >= 0.6 is 23.7 Å². The van der Waals surface area contributed by atoms with Gasteiger partial charge in [0.15, 0.2) is 5.13 Å². The highest BCUT2D eigenvalue weighted by Gasteiger charge is 2.37. The van der Waals surface area contributed by atoms with Crippen molar-refractivity contribution in [2.75, 3.05) is 12.4 Å². The zero-order valence-electron chi connectivity index (χ0n) is 20.1. The van der Waals surface area contributed by atoms with Crippen LogP contribution in [-0.2, 0) is 24.8 Å². The van der Waals surface area contributed by atoms with E-state index in [1.165, 1.54) is 25.4 Å². The quantitative estimate of drug-likeness (QED) is 0.188. The third-order valence-corrected chi connectivity index (χ3v) is 6.08. The Labute approximate surface area is 224 Å². The molecule has 0 saturated carbocycles. The molecule has 190 valence electrons. The normalized spacial score (nSPS) is 11.1. The minimum absolute atomic E-state index is 0. The van der Waals surface area contributed by atoms with Crippen LogP contribution in [0.2, 0.25) is 0 Å². The highest BCUT2D eigenvalue weighted by atomic mass is 35.5. The number of nitrogens with zero attached hydrogens (tertiary/aromatic N) is 2. The molecule has 1 aromatic heterocycles. The fourth-order valence-corrected chi connectivity index (χ4v) is 4.58. The Balaban J connectivity index is 0.00000380. The maximum absolute atomic E-state index is 12.5. The molecule has 8 nitrogen and oxygen atoms in total. The number of thiazole rings is 1. The van der Waals surface area contributed by atoms with Crippen LogP contribution in [0.4, 0.5) is 5.13 Å². The molecular formula is C27H25ClN4O4S. The van der Waals surface area contributed by atoms with E-state index in [0.29, 0.717) is 5.13 Å². The lowest BCUT2D eigenvalue weighted by Gasteiger charge is -2.36. The molecular weight excluding hydrogens is 512 g/mol. The van der Waals surface area contributed by atoms with Crippen LogP contribution in [0.3, 0.4) is 0 Å². The van der Waals surface area contributed by atoms with Crippen molar-refractivity contribution in [2.45, 2.75) is 12.5 Å². The predicted molar refractivity (Wildman–Crippen MR) is 146 cm³/mol. The van der Waals surface area contributed by atoms with E-state index >= 15 is 0 Å². The average molecular weight is 537 g/mol. The summed E-state index contributed by atoms with van der Waals surface area (Å²) >= 11 is 1.30. The van der Waals surface area contributed by atoms with Gasteiger partial charge in [-0.2, -0.15) is 5.48 Å². The first-order valence-corrected chi connectivity index (χ1v) is 11.9. The number of halogens is 1. The number of benzene rings is 3. The minimum atomic E-state index is -0.899. The summed E-state index contributed by atoms with van der Waals surface area (Å²) in [6.07, 6.45) is 0. The van der Waals surface area contributed by atoms with Crippen LogP contribution in [0.1, 0.15) is 29.3 Å². The number of aromatic nitrogens is 1. The van der Waals surface area contributed by atoms with E-state index in [9.17, 15) is 9.59 Å². The molecule has 4 aromatic rings. The van der Waals surface area contributed by atoms with Gasteiger partial charge in [-0.1, -0.05) is 96.2 Å². The summed E-state index contributed by atoms with van der Waals surface area (Å²) in [4.78, 5) is 37.9. The van der Waals surface area contributed by atoms with Crippen molar-refractivity contribution in [1.29, 1.82) is 0 Å². The molecule has 0 fully saturated rings. The summed E-state index contributed by atoms with van der Waals surface area (Å²) in [6, 6.07) is 30.2. The Morgan fingerprint density at radius 1 is 0.865 bits per heavy atom. The number of hydroxylamine groups is 1. The molecule has 1 heterocycles. The number of oxime groups is 1. The number of hydrogen-bond acceptors (Lipinski definition) is 8. The number of anilines is 1. The summed E-state index contributed by atoms with van der Waals surface area (Å²) < 4.78 is 0. The van der Waals surface area contributed by atoms with Crippen LogP contribution in [-0.4, -0.2) is 29.7 Å². The summed E-state index contributed by atoms with van der Waals surface area (Å²) in [5.74, 6) is -1.43. The van der Waals surface area contributed by atoms with Gasteiger partial charge in [-0.15, -0.1) is 23.7 Å². The van der Waals surface area contributed by atoms with Crippen molar-refractivity contribution < 1.29 is 19.3 Å². The van der Waals surface area contributed by atoms with Gasteiger partial charge in [0.2, 0.25) is 11.6 Å². The molecule has 2 N–H and O–H groups in total. The number of carbonyl (C=O) groups excluding carboxylic acids is 2. The van der Waals surface area contributed by atoms with E-state index in [1.807, 2.05) is 60.1 Å². The molecule has 0 aliphatic rings. The molecule has 4 rings (SSSR count). The number of amides is 1. The van der Waals surface area contributed by atoms with E-state index in [1.54, 1.807) is 5.38 Å². The second kappa shape index (κ2) is 12.7. The molecule has 0 unspecified atom stereocenters. The van der Waals surface area contributed by atoms with Crippen LogP contribution in [0.25, 0.3) is 0 Å². The fraction of sp³-hybridized carbons (Fsp3) is 0.111. The topological polar surface area (TPSA) is 102 Å². The van der Waals surface area contributed by atoms with E-state index in [0.717, 1.165) is 16.7 Å². The SMILES string of the molecule is CO/N=C(\C(=O)ONC(C)=O)c1csc(NC(c2ccccc2)(c2ccccc2)c2ccccc2)n1.Cl. The van der Waals surface area contributed by atoms with Crippen molar-refractivity contribution in [3.05, 3.63) is 119 Å². The van der Waals surface area contributed by atoms with Gasteiger partial charge in [0, 0.05) is 12.3 Å². The number of carbonyl (C=O) groups is 2. The zero-order chi connectivity index (χ0) is 25.4. The first kappa shape index (κ1) is 27.4. The molecule has 1 amide bonds. The second-order valence-electron chi connectivity index (χ2n) is 7.68. The summed E-state index contributed by atoms with van der Waals surface area (Å²) in [5.41, 5.74) is 4.30. The summed E-state index contributed by atoms with van der Waals surface area (Å²) in [6.45, 7) is 1.22. The minimum Gasteiger partial charge on any atom is -0.398 e. The van der Waals surface area contributed by atoms with E-state index in [-0.39, 0.29) is 23.8 Å². The van der Waals surface area contributed by atoms with Gasteiger partial charge in [0.1, 0.15) is 18.3 Å². The Morgan fingerprint density at radius 2 is 1.35 bits per heavy atom. The third kappa shape index (κ3) is 6.14. The van der Waals surface area contributed by atoms with Gasteiger partial charge in [0.05, 0.1) is 0 Å². The fourth-order valence-electron chi connectivity index (χ4n) is 3.83. The molecule has 3 aromatic carbocycles. The number of rotatable bonds is 8. The van der Waals surface area contributed by atoms with Crippen molar-refractivity contribution in [2.24, 2.45) is 5.16 Å². The lowest BCUT2D eigenvalue weighted by atomic mass is 9.77. The van der Waals surface area contributed by atoms with Crippen molar-refractivity contribution in [3.8, 4) is 0 Å². The Bertz CT molecular complexity index is 1250. The average Bonchev–Trinajstić information content (AvgIpc) is 3.38. The van der Waals surface area contributed by atoms with Gasteiger partial charge in [-0.05, 0) is 16.7 Å². The highest BCUT2D eigenvalue weighted by Crippen LogP contribution is 2.40. The smallest absolute Gasteiger partial charge is 0.386 e. The zero-order valence-corrected chi connectivity index (χ0v) is 21.7. The molecule has 0 bridgehead atoms. The second-order valence-corrected chi connectivity index (χ2v) is 8.54. The van der Waals surface area contributed by atoms with Gasteiger partial charge >= 0.3 is 5.97 Å². The molecule has 0 aliphatic heterocycles. The standard InChI is InChI=1S/C27H24N4O4S.ClH/c1-19(32)30-35-25(33)24(31-34-2)23-18-36-26(28-23)29-27(20-12-6-3-7-13-20,21-14-8-4-9-15-21)22-16-10-5-11-17-22;/h3-18H,1-2H3,(H,28,29)(H,30,32);1H/b31-24-;. The van der Waals surface area contributed by atoms with Crippen molar-refractivity contribution >= 4 is 46.5 Å². The maximum Gasteiger partial charge on any atom is 0.386 e. The summed E-state index contributed by atoms with van der Waals surface area (Å²) in [5, 5.41) is 9.61. The summed E-state index contributed by atoms with van der Waals surface area (Å²) in [7, 11) is 1.31. The van der Waals surface area contributed by atoms with Gasteiger partial charge in [-0.25, -0.2) is 9.78 Å². The number of nitrogens with one attached hydrogen (secondary N) is 2.